The van der Waals surface area contributed by atoms with Gasteiger partial charge in [-0.05, 0) is 17.5 Å². The maximum absolute atomic E-state index is 12.4. The minimum atomic E-state index is -0.296. The second-order valence-electron chi connectivity index (χ2n) is 5.13. The lowest BCUT2D eigenvalue weighted by Crippen LogP contribution is -2.41. The molecule has 5 nitrogen and oxygen atoms in total. The predicted molar refractivity (Wildman–Crippen MR) is 78.6 cm³/mol. The monoisotopic (exact) mass is 285 g/mol. The van der Waals surface area contributed by atoms with Crippen molar-refractivity contribution in [1.29, 1.82) is 0 Å². The van der Waals surface area contributed by atoms with Crippen LogP contribution >= 0.6 is 0 Å². The van der Waals surface area contributed by atoms with E-state index in [1.54, 1.807) is 6.20 Å². The molecule has 3 rings (SSSR count). The molecule has 110 valence electrons. The highest BCUT2D eigenvalue weighted by atomic mass is 16.4. The smallest absolute Gasteiger partial charge is 0.242 e. The van der Waals surface area contributed by atoms with Crippen LogP contribution in [0.5, 0.6) is 0 Å². The highest BCUT2D eigenvalue weighted by molar-refractivity contribution is 5.83. The van der Waals surface area contributed by atoms with Crippen LogP contribution in [0.4, 0.5) is 0 Å². The molecule has 2 heterocycles. The first kappa shape index (κ1) is 13.8. The van der Waals surface area contributed by atoms with Crippen LogP contribution in [0.15, 0.2) is 34.9 Å². The summed E-state index contributed by atoms with van der Waals surface area (Å²) < 4.78 is 5.49. The molecule has 0 fully saturated rings. The average molecular weight is 285 g/mol. The number of fused-ring (bicyclic) bond motifs is 1. The fraction of sp³-hybridized carbons (Fsp3) is 0.375. The van der Waals surface area contributed by atoms with Crippen LogP contribution in [0.3, 0.4) is 0 Å². The number of benzene rings is 1. The van der Waals surface area contributed by atoms with E-state index in [-0.39, 0.29) is 11.9 Å². The van der Waals surface area contributed by atoms with Crippen molar-refractivity contribution in [2.24, 2.45) is 0 Å². The summed E-state index contributed by atoms with van der Waals surface area (Å²) in [5.41, 5.74) is 2.30. The minimum Gasteiger partial charge on any atom is -0.444 e. The molecule has 0 saturated carbocycles. The zero-order chi connectivity index (χ0) is 14.7. The summed E-state index contributed by atoms with van der Waals surface area (Å²) in [6, 6.07) is 7.77. The summed E-state index contributed by atoms with van der Waals surface area (Å²) in [6.07, 6.45) is 3.47. The predicted octanol–water partition coefficient (Wildman–Crippen LogP) is 1.74. The Labute approximate surface area is 123 Å². The molecule has 0 aliphatic carbocycles. The number of aromatic nitrogens is 1. The Morgan fingerprint density at radius 1 is 1.48 bits per heavy atom. The van der Waals surface area contributed by atoms with Crippen LogP contribution in [0, 0.1) is 0 Å². The van der Waals surface area contributed by atoms with Crippen molar-refractivity contribution in [2.75, 3.05) is 6.54 Å². The highest BCUT2D eigenvalue weighted by Crippen LogP contribution is 2.22. The van der Waals surface area contributed by atoms with E-state index in [0.29, 0.717) is 12.4 Å². The first-order valence-corrected chi connectivity index (χ1v) is 7.30. The van der Waals surface area contributed by atoms with Gasteiger partial charge in [-0.15, -0.1) is 0 Å². The van der Waals surface area contributed by atoms with Gasteiger partial charge in [0, 0.05) is 13.0 Å². The van der Waals surface area contributed by atoms with Gasteiger partial charge in [-0.3, -0.25) is 4.79 Å². The van der Waals surface area contributed by atoms with E-state index in [4.69, 9.17) is 4.42 Å². The zero-order valence-electron chi connectivity index (χ0n) is 12.1. The van der Waals surface area contributed by atoms with Crippen molar-refractivity contribution < 1.29 is 9.21 Å². The summed E-state index contributed by atoms with van der Waals surface area (Å²) in [4.78, 5) is 16.5. The van der Waals surface area contributed by atoms with Crippen LogP contribution in [-0.2, 0) is 24.2 Å². The van der Waals surface area contributed by atoms with E-state index in [1.807, 2.05) is 25.1 Å². The summed E-state index contributed by atoms with van der Waals surface area (Å²) in [5.74, 6) is 1.34. The van der Waals surface area contributed by atoms with Gasteiger partial charge in [-0.25, -0.2) is 4.98 Å². The Bertz CT molecular complexity index is 636. The Balaban J connectivity index is 1.66. The van der Waals surface area contributed by atoms with Gasteiger partial charge in [0.05, 0.1) is 12.7 Å². The van der Waals surface area contributed by atoms with E-state index in [0.717, 1.165) is 30.7 Å². The normalized spacial score (nSPS) is 17.3. The van der Waals surface area contributed by atoms with E-state index in [2.05, 4.69) is 21.7 Å². The molecule has 1 atom stereocenters. The third-order valence-corrected chi connectivity index (χ3v) is 3.73. The van der Waals surface area contributed by atoms with Gasteiger partial charge in [-0.2, -0.15) is 0 Å². The summed E-state index contributed by atoms with van der Waals surface area (Å²) >= 11 is 0. The molecular formula is C16H19N3O2. The number of hydrogen-bond acceptors (Lipinski definition) is 4. The second kappa shape index (κ2) is 6.10. The van der Waals surface area contributed by atoms with E-state index in [9.17, 15) is 4.79 Å². The maximum atomic E-state index is 12.4. The molecule has 1 unspecified atom stereocenters. The molecule has 21 heavy (non-hydrogen) atoms. The van der Waals surface area contributed by atoms with E-state index >= 15 is 0 Å². The Morgan fingerprint density at radius 3 is 3.14 bits per heavy atom. The number of nitrogens with one attached hydrogen (secondary N) is 2. The Hall–Kier alpha value is -2.14. The lowest BCUT2D eigenvalue weighted by molar-refractivity contribution is -0.123. The maximum Gasteiger partial charge on any atom is 0.242 e. The minimum absolute atomic E-state index is 0.0431. The number of hydrogen-bond donors (Lipinski definition) is 2. The number of carbonyl (C=O) groups excluding carboxylic acids is 1. The third-order valence-electron chi connectivity index (χ3n) is 3.73. The average Bonchev–Trinajstić information content (AvgIpc) is 3.00. The molecule has 2 aromatic rings. The van der Waals surface area contributed by atoms with Crippen molar-refractivity contribution in [3.8, 4) is 0 Å². The molecule has 1 aliphatic rings. The van der Waals surface area contributed by atoms with Crippen molar-refractivity contribution >= 4 is 5.91 Å². The first-order chi connectivity index (χ1) is 10.3. The lowest BCUT2D eigenvalue weighted by Gasteiger charge is -2.25. The van der Waals surface area contributed by atoms with Gasteiger partial charge < -0.3 is 15.1 Å². The molecule has 2 N–H and O–H groups in total. The SMILES string of the molecule is CCc1cnc(CNC(=O)C2NCCc3ccccc32)o1. The van der Waals surface area contributed by atoms with Gasteiger partial charge in [-0.1, -0.05) is 31.2 Å². The van der Waals surface area contributed by atoms with Gasteiger partial charge in [0.1, 0.15) is 11.8 Å². The first-order valence-electron chi connectivity index (χ1n) is 7.30. The molecule has 1 aliphatic heterocycles. The molecule has 0 radical (unpaired) electrons. The van der Waals surface area contributed by atoms with E-state index < -0.39 is 0 Å². The van der Waals surface area contributed by atoms with Gasteiger partial charge >= 0.3 is 0 Å². The van der Waals surface area contributed by atoms with E-state index in [1.165, 1.54) is 5.56 Å². The van der Waals surface area contributed by atoms with Crippen LogP contribution in [-0.4, -0.2) is 17.4 Å². The topological polar surface area (TPSA) is 67.2 Å². The molecular weight excluding hydrogens is 266 g/mol. The number of carbonyl (C=O) groups is 1. The van der Waals surface area contributed by atoms with Crippen LogP contribution in [0.1, 0.15) is 35.7 Å². The zero-order valence-corrected chi connectivity index (χ0v) is 12.1. The van der Waals surface area contributed by atoms with Gasteiger partial charge in [0.25, 0.3) is 0 Å². The van der Waals surface area contributed by atoms with Crippen LogP contribution < -0.4 is 10.6 Å². The second-order valence-corrected chi connectivity index (χ2v) is 5.13. The van der Waals surface area contributed by atoms with Crippen molar-refractivity contribution in [2.45, 2.75) is 32.4 Å². The molecule has 0 saturated heterocycles. The summed E-state index contributed by atoms with van der Waals surface area (Å²) in [7, 11) is 0. The van der Waals surface area contributed by atoms with Gasteiger partial charge in [0.2, 0.25) is 11.8 Å². The van der Waals surface area contributed by atoms with Crippen molar-refractivity contribution in [3.05, 3.63) is 53.2 Å². The Kier molecular flexibility index (Phi) is 4.01. The fourth-order valence-corrected chi connectivity index (χ4v) is 2.60. The molecule has 1 aromatic heterocycles. The number of aryl methyl sites for hydroxylation is 1. The molecule has 0 bridgehead atoms. The standard InChI is InChI=1S/C16H19N3O2/c1-2-12-9-18-14(21-12)10-19-16(20)15-13-6-4-3-5-11(13)7-8-17-15/h3-6,9,15,17H,2,7-8,10H2,1H3,(H,19,20). The largest absolute Gasteiger partial charge is 0.444 e. The van der Waals surface area contributed by atoms with Crippen LogP contribution in [0.25, 0.3) is 0 Å². The number of oxazole rings is 1. The Morgan fingerprint density at radius 2 is 2.33 bits per heavy atom. The number of rotatable bonds is 4. The van der Waals surface area contributed by atoms with Crippen LogP contribution in [0.2, 0.25) is 0 Å². The van der Waals surface area contributed by atoms with Gasteiger partial charge in [0.15, 0.2) is 0 Å². The quantitative estimate of drug-likeness (QED) is 0.898. The summed E-state index contributed by atoms with van der Waals surface area (Å²) in [6.45, 7) is 3.14. The number of amides is 1. The molecule has 1 amide bonds. The fourth-order valence-electron chi connectivity index (χ4n) is 2.60. The lowest BCUT2D eigenvalue weighted by atomic mass is 9.94. The summed E-state index contributed by atoms with van der Waals surface area (Å²) in [5, 5.41) is 6.15. The third kappa shape index (κ3) is 2.97. The highest BCUT2D eigenvalue weighted by Gasteiger charge is 2.25. The van der Waals surface area contributed by atoms with Crippen molar-refractivity contribution in [1.82, 2.24) is 15.6 Å². The van der Waals surface area contributed by atoms with Crippen molar-refractivity contribution in [3.63, 3.8) is 0 Å². The molecule has 1 aromatic carbocycles. The molecule has 5 heteroatoms. The molecule has 0 spiro atoms. The number of nitrogens with zero attached hydrogens (tertiary/aromatic N) is 1.